The Morgan fingerprint density at radius 3 is 2.65 bits per heavy atom. The average molecular weight is 276 g/mol. The third kappa shape index (κ3) is 3.37. The molecule has 1 aromatic heterocycles. The molecule has 0 radical (unpaired) electrons. The van der Waals surface area contributed by atoms with Gasteiger partial charge in [0.15, 0.2) is 0 Å². The van der Waals surface area contributed by atoms with Crippen LogP contribution >= 0.6 is 23.1 Å². The average Bonchev–Trinajstić information content (AvgIpc) is 2.75. The minimum Gasteiger partial charge on any atom is -0.396 e. The van der Waals surface area contributed by atoms with Gasteiger partial charge in [0, 0.05) is 30.7 Å². The van der Waals surface area contributed by atoms with Crippen LogP contribution < -0.4 is 0 Å². The van der Waals surface area contributed by atoms with Crippen LogP contribution in [0.2, 0.25) is 4.34 Å². The van der Waals surface area contributed by atoms with Gasteiger partial charge in [0.05, 0.1) is 0 Å². The molecule has 0 saturated heterocycles. The lowest BCUT2D eigenvalue weighted by atomic mass is 9.86. The number of halogens is 1. The number of rotatable bonds is 4. The summed E-state index contributed by atoms with van der Waals surface area (Å²) in [5.74, 6) is 0.504. The van der Waals surface area contributed by atoms with E-state index in [1.54, 1.807) is 0 Å². The molecular weight excluding hydrogens is 258 g/mol. The van der Waals surface area contributed by atoms with Crippen LogP contribution in [-0.2, 0) is 6.54 Å². The molecule has 1 aliphatic rings. The van der Waals surface area contributed by atoms with Gasteiger partial charge in [-0.25, -0.2) is 0 Å². The zero-order valence-corrected chi connectivity index (χ0v) is 11.5. The van der Waals surface area contributed by atoms with Gasteiger partial charge in [-0.1, -0.05) is 16.1 Å². The van der Waals surface area contributed by atoms with Crippen molar-refractivity contribution in [2.45, 2.75) is 38.3 Å². The van der Waals surface area contributed by atoms with Gasteiger partial charge in [-0.3, -0.25) is 4.90 Å². The highest BCUT2D eigenvalue weighted by Gasteiger charge is 2.24. The summed E-state index contributed by atoms with van der Waals surface area (Å²) in [6.45, 7) is 1.10. The topological polar surface area (TPSA) is 49.2 Å². The molecule has 0 aliphatic heterocycles. The van der Waals surface area contributed by atoms with Crippen LogP contribution in [0.15, 0.2) is 0 Å². The summed E-state index contributed by atoms with van der Waals surface area (Å²) in [7, 11) is 2.11. The highest BCUT2D eigenvalue weighted by molar-refractivity contribution is 7.10. The quantitative estimate of drug-likeness (QED) is 0.915. The van der Waals surface area contributed by atoms with Crippen LogP contribution in [0, 0.1) is 5.92 Å². The normalized spacial score (nSPS) is 25.4. The Kier molecular flexibility index (Phi) is 4.73. The Bertz CT molecular complexity index is 352. The molecular formula is C11H18ClN3OS. The number of hydrogen-bond donors (Lipinski definition) is 1. The zero-order valence-electron chi connectivity index (χ0n) is 9.97. The summed E-state index contributed by atoms with van der Waals surface area (Å²) >= 11 is 7.24. The third-order valence-corrected chi connectivity index (χ3v) is 4.59. The van der Waals surface area contributed by atoms with Gasteiger partial charge in [0.1, 0.15) is 10.0 Å². The molecule has 96 valence electrons. The molecule has 1 saturated carbocycles. The first kappa shape index (κ1) is 13.2. The van der Waals surface area contributed by atoms with Gasteiger partial charge in [-0.15, -0.1) is 5.10 Å². The van der Waals surface area contributed by atoms with E-state index in [0.29, 0.717) is 22.9 Å². The van der Waals surface area contributed by atoms with E-state index in [4.69, 9.17) is 16.7 Å². The molecule has 0 bridgehead atoms. The van der Waals surface area contributed by atoms with E-state index in [1.807, 2.05) is 0 Å². The highest BCUT2D eigenvalue weighted by Crippen LogP contribution is 2.28. The molecule has 0 amide bonds. The molecule has 1 aromatic rings. The Morgan fingerprint density at radius 2 is 2.12 bits per heavy atom. The first-order valence-corrected chi connectivity index (χ1v) is 7.13. The Labute approximate surface area is 111 Å². The van der Waals surface area contributed by atoms with Crippen molar-refractivity contribution in [3.63, 3.8) is 0 Å². The maximum atomic E-state index is 9.11. The summed E-state index contributed by atoms with van der Waals surface area (Å²) in [5.41, 5.74) is 0.878. The largest absolute Gasteiger partial charge is 0.396 e. The van der Waals surface area contributed by atoms with E-state index in [1.165, 1.54) is 11.5 Å². The van der Waals surface area contributed by atoms with Crippen molar-refractivity contribution in [3.8, 4) is 0 Å². The van der Waals surface area contributed by atoms with Crippen LogP contribution in [0.4, 0.5) is 0 Å². The van der Waals surface area contributed by atoms with Crippen LogP contribution in [-0.4, -0.2) is 39.3 Å². The van der Waals surface area contributed by atoms with E-state index < -0.39 is 0 Å². The molecule has 6 heteroatoms. The number of nitrogens with zero attached hydrogens (tertiary/aromatic N) is 3. The van der Waals surface area contributed by atoms with Crippen molar-refractivity contribution in [2.24, 2.45) is 5.92 Å². The molecule has 0 spiro atoms. The van der Waals surface area contributed by atoms with Gasteiger partial charge in [0.25, 0.3) is 0 Å². The maximum absolute atomic E-state index is 9.11. The van der Waals surface area contributed by atoms with E-state index in [-0.39, 0.29) is 0 Å². The van der Waals surface area contributed by atoms with Gasteiger partial charge in [-0.2, -0.15) is 0 Å². The second-order valence-electron chi connectivity index (χ2n) is 4.77. The van der Waals surface area contributed by atoms with Gasteiger partial charge in [-0.05, 0) is 38.6 Å². The number of aromatic nitrogens is 2. The summed E-state index contributed by atoms with van der Waals surface area (Å²) in [6, 6.07) is 0.579. The minimum atomic E-state index is 0.332. The monoisotopic (exact) mass is 275 g/mol. The van der Waals surface area contributed by atoms with E-state index in [0.717, 1.165) is 37.9 Å². The van der Waals surface area contributed by atoms with Crippen molar-refractivity contribution in [3.05, 3.63) is 10.0 Å². The fourth-order valence-corrected chi connectivity index (χ4v) is 3.04. The summed E-state index contributed by atoms with van der Waals surface area (Å²) < 4.78 is 4.54. The van der Waals surface area contributed by atoms with Gasteiger partial charge in [0.2, 0.25) is 0 Å². The van der Waals surface area contributed by atoms with Gasteiger partial charge < -0.3 is 5.11 Å². The smallest absolute Gasteiger partial charge is 0.138 e. The first-order chi connectivity index (χ1) is 8.20. The van der Waals surface area contributed by atoms with E-state index >= 15 is 0 Å². The Morgan fingerprint density at radius 1 is 1.41 bits per heavy atom. The lowest BCUT2D eigenvalue weighted by Gasteiger charge is -2.33. The molecule has 0 aromatic carbocycles. The maximum Gasteiger partial charge on any atom is 0.138 e. The molecule has 1 fully saturated rings. The SMILES string of the molecule is CN(Cc1nnsc1Cl)C1CCC(CO)CC1. The predicted octanol–water partition coefficient (Wildman–Crippen LogP) is 2.17. The minimum absolute atomic E-state index is 0.332. The van der Waals surface area contributed by atoms with Crippen molar-refractivity contribution in [1.29, 1.82) is 0 Å². The second-order valence-corrected chi connectivity index (χ2v) is 6.12. The molecule has 4 nitrogen and oxygen atoms in total. The van der Waals surface area contributed by atoms with E-state index in [9.17, 15) is 0 Å². The first-order valence-electron chi connectivity index (χ1n) is 5.98. The fraction of sp³-hybridized carbons (Fsp3) is 0.818. The van der Waals surface area contributed by atoms with Crippen LogP contribution in [0.5, 0.6) is 0 Å². The lowest BCUT2D eigenvalue weighted by Crippen LogP contribution is -2.35. The predicted molar refractivity (Wildman–Crippen MR) is 69.2 cm³/mol. The number of hydrogen-bond acceptors (Lipinski definition) is 5. The van der Waals surface area contributed by atoms with E-state index in [2.05, 4.69) is 21.5 Å². The molecule has 0 atom stereocenters. The van der Waals surface area contributed by atoms with Crippen LogP contribution in [0.3, 0.4) is 0 Å². The third-order valence-electron chi connectivity index (χ3n) is 3.61. The summed E-state index contributed by atoms with van der Waals surface area (Å²) in [4.78, 5) is 2.30. The Hall–Kier alpha value is -0.230. The van der Waals surface area contributed by atoms with Crippen molar-refractivity contribution < 1.29 is 5.11 Å². The van der Waals surface area contributed by atoms with Crippen LogP contribution in [0.25, 0.3) is 0 Å². The second kappa shape index (κ2) is 6.09. The van der Waals surface area contributed by atoms with Crippen molar-refractivity contribution in [2.75, 3.05) is 13.7 Å². The lowest BCUT2D eigenvalue weighted by molar-refractivity contribution is 0.123. The molecule has 2 rings (SSSR count). The molecule has 1 N–H and O–H groups in total. The van der Waals surface area contributed by atoms with Crippen LogP contribution in [0.1, 0.15) is 31.4 Å². The standard InChI is InChI=1S/C11H18ClN3OS/c1-15(6-10-11(12)17-14-13-10)9-4-2-8(7-16)3-5-9/h8-9,16H,2-7H2,1H3. The number of aliphatic hydroxyl groups excluding tert-OH is 1. The van der Waals surface area contributed by atoms with Crippen molar-refractivity contribution in [1.82, 2.24) is 14.5 Å². The zero-order chi connectivity index (χ0) is 12.3. The molecule has 17 heavy (non-hydrogen) atoms. The van der Waals surface area contributed by atoms with Gasteiger partial charge >= 0.3 is 0 Å². The highest BCUT2D eigenvalue weighted by atomic mass is 35.5. The summed E-state index contributed by atoms with van der Waals surface area (Å²) in [6.07, 6.45) is 4.54. The molecule has 0 unspecified atom stereocenters. The molecule has 1 heterocycles. The Balaban J connectivity index is 1.85. The molecule has 1 aliphatic carbocycles. The van der Waals surface area contributed by atoms with Crippen molar-refractivity contribution >= 4 is 23.1 Å². The number of aliphatic hydroxyl groups is 1. The fourth-order valence-electron chi connectivity index (χ4n) is 2.42. The summed E-state index contributed by atoms with van der Waals surface area (Å²) in [5, 5.41) is 13.1.